The molecule has 0 aromatic heterocycles. The van der Waals surface area contributed by atoms with Gasteiger partial charge in [0.1, 0.15) is 5.60 Å². The molecule has 4 aliphatic carbocycles. The molecule has 0 aliphatic heterocycles. The van der Waals surface area contributed by atoms with E-state index in [2.05, 4.69) is 0 Å². The molecule has 2 N–H and O–H groups in total. The molecule has 3 saturated carbocycles. The molecule has 0 aromatic rings. The number of aliphatic hydroxyl groups excluding tert-OH is 1. The summed E-state index contributed by atoms with van der Waals surface area (Å²) in [6.07, 6.45) is 6.47. The summed E-state index contributed by atoms with van der Waals surface area (Å²) in [6, 6.07) is 0. The summed E-state index contributed by atoms with van der Waals surface area (Å²) in [7, 11) is 0. The lowest BCUT2D eigenvalue weighted by Gasteiger charge is -2.63. The first-order valence-corrected chi connectivity index (χ1v) is 11.0. The summed E-state index contributed by atoms with van der Waals surface area (Å²) >= 11 is 13.2. The molecule has 28 heavy (non-hydrogen) atoms. The van der Waals surface area contributed by atoms with Crippen molar-refractivity contribution in [3.8, 4) is 0 Å². The maximum absolute atomic E-state index is 12.7. The van der Waals surface area contributed by atoms with Crippen molar-refractivity contribution in [2.24, 2.45) is 28.6 Å². The van der Waals surface area contributed by atoms with Crippen molar-refractivity contribution in [2.75, 3.05) is 5.88 Å². The molecule has 2 unspecified atom stereocenters. The molecule has 4 nitrogen and oxygen atoms in total. The van der Waals surface area contributed by atoms with Crippen molar-refractivity contribution in [2.45, 2.75) is 63.0 Å². The Hall–Kier alpha value is -0.680. The molecule has 8 atom stereocenters. The van der Waals surface area contributed by atoms with Crippen LogP contribution in [0.3, 0.4) is 0 Å². The van der Waals surface area contributed by atoms with Crippen molar-refractivity contribution in [1.29, 1.82) is 0 Å². The number of aliphatic hydroxyl groups is 2. The lowest BCUT2D eigenvalue weighted by Crippen LogP contribution is -2.68. The van der Waals surface area contributed by atoms with Gasteiger partial charge in [-0.25, -0.2) is 0 Å². The Morgan fingerprint density at radius 3 is 2.64 bits per heavy atom. The Morgan fingerprint density at radius 1 is 1.32 bits per heavy atom. The summed E-state index contributed by atoms with van der Waals surface area (Å²) in [5.41, 5.74) is -2.01. The van der Waals surface area contributed by atoms with E-state index in [0.29, 0.717) is 6.42 Å². The molecule has 0 bridgehead atoms. The van der Waals surface area contributed by atoms with E-state index in [0.717, 1.165) is 18.4 Å². The van der Waals surface area contributed by atoms with Crippen molar-refractivity contribution in [1.82, 2.24) is 0 Å². The van der Waals surface area contributed by atoms with Gasteiger partial charge in [0.15, 0.2) is 11.6 Å². The predicted molar refractivity (Wildman–Crippen MR) is 108 cm³/mol. The van der Waals surface area contributed by atoms with Crippen LogP contribution in [0.4, 0.5) is 0 Å². The number of carbonyl (C=O) groups is 2. The number of rotatable bonds is 2. The third-order valence-corrected chi connectivity index (χ3v) is 9.94. The summed E-state index contributed by atoms with van der Waals surface area (Å²) in [5.74, 6) is -1.00. The van der Waals surface area contributed by atoms with Gasteiger partial charge in [-0.2, -0.15) is 0 Å². The maximum Gasteiger partial charge on any atom is 0.179 e. The van der Waals surface area contributed by atoms with E-state index < -0.39 is 27.4 Å². The van der Waals surface area contributed by atoms with Gasteiger partial charge >= 0.3 is 0 Å². The van der Waals surface area contributed by atoms with Crippen molar-refractivity contribution in [3.63, 3.8) is 0 Å². The Labute approximate surface area is 176 Å². The lowest BCUT2D eigenvalue weighted by molar-refractivity contribution is -0.175. The molecule has 0 aromatic carbocycles. The van der Waals surface area contributed by atoms with Gasteiger partial charge in [-0.05, 0) is 55.6 Å². The number of hydrogen-bond donors (Lipinski definition) is 2. The highest BCUT2D eigenvalue weighted by atomic mass is 35.5. The molecule has 4 rings (SSSR count). The van der Waals surface area contributed by atoms with E-state index in [9.17, 15) is 19.8 Å². The molecule has 0 saturated heterocycles. The SMILES string of the molecule is CC1C[C@H]2[C@@H]3CCC4=CC(=O)C=C[C@]4(C)C3(Cl)[C@@H](O)C[C@]2(C)[C@@]1(O)C(=O)CCl. The summed E-state index contributed by atoms with van der Waals surface area (Å²) in [4.78, 5) is 23.7. The first-order chi connectivity index (χ1) is 13.0. The quantitative estimate of drug-likeness (QED) is 0.663. The van der Waals surface area contributed by atoms with Gasteiger partial charge < -0.3 is 10.2 Å². The second-order valence-electron chi connectivity index (χ2n) is 9.72. The zero-order chi connectivity index (χ0) is 20.7. The minimum Gasteiger partial charge on any atom is -0.391 e. The molecule has 0 amide bonds. The van der Waals surface area contributed by atoms with Gasteiger partial charge in [0.2, 0.25) is 0 Å². The van der Waals surface area contributed by atoms with Crippen LogP contribution in [0.15, 0.2) is 23.8 Å². The zero-order valence-corrected chi connectivity index (χ0v) is 18.1. The van der Waals surface area contributed by atoms with E-state index in [-0.39, 0.29) is 41.6 Å². The van der Waals surface area contributed by atoms with E-state index in [4.69, 9.17) is 23.2 Å². The molecule has 154 valence electrons. The number of halogens is 2. The standard InChI is InChI=1S/C22H28Cl2O4/c1-12-8-16-15-5-4-13-9-14(25)6-7-19(13,2)21(15,24)17(26)10-20(16,3)22(12,28)18(27)11-23/h6-7,9,12,15-17,26,28H,4-5,8,10-11H2,1-3H3/t12?,15-,16-,17-,19-,20-,21?,22-/m0/s1. The molecule has 0 radical (unpaired) electrons. The molecule has 0 spiro atoms. The Bertz CT molecular complexity index is 806. The Balaban J connectivity index is 1.84. The number of Topliss-reactive ketones (excluding diaryl/α,β-unsaturated/α-hetero) is 1. The number of alkyl halides is 2. The van der Waals surface area contributed by atoms with Crippen LogP contribution in [0.1, 0.15) is 46.5 Å². The van der Waals surface area contributed by atoms with Crippen LogP contribution in [0, 0.1) is 28.6 Å². The first kappa shape index (κ1) is 20.6. The molecular weight excluding hydrogens is 399 g/mol. The normalized spacial score (nSPS) is 52.5. The highest BCUT2D eigenvalue weighted by Crippen LogP contribution is 2.71. The summed E-state index contributed by atoms with van der Waals surface area (Å²) in [6.45, 7) is 5.81. The van der Waals surface area contributed by atoms with Crippen LogP contribution in [0.2, 0.25) is 0 Å². The van der Waals surface area contributed by atoms with E-state index in [1.807, 2.05) is 26.8 Å². The molecular formula is C22H28Cl2O4. The minimum atomic E-state index is -1.56. The first-order valence-electron chi connectivity index (χ1n) is 10.1. The van der Waals surface area contributed by atoms with Crippen LogP contribution in [-0.2, 0) is 9.59 Å². The van der Waals surface area contributed by atoms with Crippen molar-refractivity contribution in [3.05, 3.63) is 23.8 Å². The van der Waals surface area contributed by atoms with Crippen molar-refractivity contribution < 1.29 is 19.8 Å². The van der Waals surface area contributed by atoms with Crippen LogP contribution in [-0.4, -0.2) is 44.2 Å². The largest absolute Gasteiger partial charge is 0.391 e. The summed E-state index contributed by atoms with van der Waals surface area (Å²) < 4.78 is 0. The van der Waals surface area contributed by atoms with Crippen LogP contribution in [0.25, 0.3) is 0 Å². The number of hydrogen-bond acceptors (Lipinski definition) is 4. The van der Waals surface area contributed by atoms with Gasteiger partial charge in [-0.15, -0.1) is 23.2 Å². The fourth-order valence-electron chi connectivity index (χ4n) is 7.24. The average molecular weight is 427 g/mol. The number of carbonyl (C=O) groups excluding carboxylic acids is 2. The van der Waals surface area contributed by atoms with Crippen LogP contribution >= 0.6 is 23.2 Å². The van der Waals surface area contributed by atoms with Gasteiger partial charge in [-0.3, -0.25) is 9.59 Å². The fourth-order valence-corrected chi connectivity index (χ4v) is 7.97. The van der Waals surface area contributed by atoms with Gasteiger partial charge in [0.05, 0.1) is 16.9 Å². The van der Waals surface area contributed by atoms with Gasteiger partial charge in [0, 0.05) is 10.8 Å². The number of fused-ring (bicyclic) bond motifs is 5. The van der Waals surface area contributed by atoms with Crippen LogP contribution < -0.4 is 0 Å². The molecule has 6 heteroatoms. The second kappa shape index (κ2) is 6.16. The smallest absolute Gasteiger partial charge is 0.179 e. The van der Waals surface area contributed by atoms with Crippen LogP contribution in [0.5, 0.6) is 0 Å². The predicted octanol–water partition coefficient (Wildman–Crippen LogP) is 3.41. The Kier molecular flexibility index (Phi) is 4.53. The second-order valence-corrected chi connectivity index (χ2v) is 10.6. The highest BCUT2D eigenvalue weighted by Gasteiger charge is 2.74. The van der Waals surface area contributed by atoms with E-state index >= 15 is 0 Å². The van der Waals surface area contributed by atoms with E-state index in [1.165, 1.54) is 0 Å². The summed E-state index contributed by atoms with van der Waals surface area (Å²) in [5, 5.41) is 22.9. The molecule has 3 fully saturated rings. The molecule has 4 aliphatic rings. The van der Waals surface area contributed by atoms with E-state index in [1.54, 1.807) is 12.2 Å². The Morgan fingerprint density at radius 2 is 2.00 bits per heavy atom. The third-order valence-electron chi connectivity index (χ3n) is 8.77. The third kappa shape index (κ3) is 2.16. The van der Waals surface area contributed by atoms with Gasteiger partial charge in [-0.1, -0.05) is 32.4 Å². The zero-order valence-electron chi connectivity index (χ0n) is 16.5. The maximum atomic E-state index is 12.7. The number of allylic oxidation sites excluding steroid dienone is 4. The lowest BCUT2D eigenvalue weighted by atomic mass is 9.45. The topological polar surface area (TPSA) is 74.6 Å². The number of ketones is 2. The monoisotopic (exact) mass is 426 g/mol. The van der Waals surface area contributed by atoms with Gasteiger partial charge in [0.25, 0.3) is 0 Å². The highest BCUT2D eigenvalue weighted by molar-refractivity contribution is 6.29. The fraction of sp³-hybridized carbons (Fsp3) is 0.727. The molecule has 0 heterocycles. The average Bonchev–Trinajstić information content (AvgIpc) is 2.84. The van der Waals surface area contributed by atoms with Crippen molar-refractivity contribution >= 4 is 34.8 Å². The minimum absolute atomic E-state index is 0.00929.